The first-order chi connectivity index (χ1) is 14.6. The number of benzene rings is 2. The van der Waals surface area contributed by atoms with Crippen molar-refractivity contribution < 1.29 is 19.1 Å². The Hall–Kier alpha value is -3.12. The second kappa shape index (κ2) is 7.29. The fourth-order valence-corrected chi connectivity index (χ4v) is 4.90. The Balaban J connectivity index is 1.32. The van der Waals surface area contributed by atoms with Crippen LogP contribution in [0.4, 0.5) is 5.69 Å². The third kappa shape index (κ3) is 3.08. The number of rotatable bonds is 6. The Morgan fingerprint density at radius 3 is 2.87 bits per heavy atom. The van der Waals surface area contributed by atoms with Crippen molar-refractivity contribution in [2.75, 3.05) is 25.5 Å². The summed E-state index contributed by atoms with van der Waals surface area (Å²) in [4.78, 5) is 28.3. The van der Waals surface area contributed by atoms with Gasteiger partial charge in [0.2, 0.25) is 11.8 Å². The minimum atomic E-state index is -0.686. The number of carbonyl (C=O) groups is 2. The monoisotopic (exact) mass is 404 g/mol. The first-order valence-corrected chi connectivity index (χ1v) is 10.2. The van der Waals surface area contributed by atoms with E-state index in [-0.39, 0.29) is 17.9 Å². The molecule has 0 radical (unpaired) electrons. The lowest BCUT2D eigenvalue weighted by Crippen LogP contribution is -2.41. The molecule has 0 saturated carbocycles. The molecule has 4 atom stereocenters. The maximum absolute atomic E-state index is 13.3. The Morgan fingerprint density at radius 2 is 2.07 bits per heavy atom. The van der Waals surface area contributed by atoms with Crippen LogP contribution in [-0.2, 0) is 20.7 Å². The molecular weight excluding hydrogens is 380 g/mol. The minimum Gasteiger partial charge on any atom is -0.497 e. The molecule has 2 fully saturated rings. The van der Waals surface area contributed by atoms with Gasteiger partial charge >= 0.3 is 0 Å². The van der Waals surface area contributed by atoms with Gasteiger partial charge in [-0.3, -0.25) is 9.59 Å². The smallest absolute Gasteiger partial charge is 0.231 e. The van der Waals surface area contributed by atoms with Gasteiger partial charge in [-0.15, -0.1) is 0 Å². The zero-order valence-electron chi connectivity index (χ0n) is 16.8. The first-order valence-electron chi connectivity index (χ1n) is 10.2. The van der Waals surface area contributed by atoms with Gasteiger partial charge in [0.25, 0.3) is 0 Å². The lowest BCUT2D eigenvalue weighted by atomic mass is 9.77. The van der Waals surface area contributed by atoms with Gasteiger partial charge in [0.15, 0.2) is 0 Å². The van der Waals surface area contributed by atoms with E-state index in [9.17, 15) is 9.59 Å². The predicted molar refractivity (Wildman–Crippen MR) is 112 cm³/mol. The number of carbonyl (C=O) groups excluding carboxylic acids is 2. The third-order valence-corrected chi connectivity index (χ3v) is 6.33. The highest BCUT2D eigenvalue weighted by Gasteiger charge is 2.66. The van der Waals surface area contributed by atoms with Crippen LogP contribution in [0.25, 0.3) is 0 Å². The van der Waals surface area contributed by atoms with Crippen LogP contribution in [0.5, 0.6) is 5.75 Å². The van der Waals surface area contributed by atoms with Crippen molar-refractivity contribution in [3.63, 3.8) is 0 Å². The molecule has 0 aliphatic carbocycles. The summed E-state index contributed by atoms with van der Waals surface area (Å²) < 4.78 is 11.4. The number of hydrogen-bond donors (Lipinski definition) is 1. The summed E-state index contributed by atoms with van der Waals surface area (Å²) in [6.45, 7) is 1.12. The van der Waals surface area contributed by atoms with E-state index in [0.29, 0.717) is 24.5 Å². The molecule has 0 aromatic heterocycles. The van der Waals surface area contributed by atoms with Crippen LogP contribution in [-0.4, -0.2) is 48.6 Å². The Morgan fingerprint density at radius 1 is 1.23 bits per heavy atom. The van der Waals surface area contributed by atoms with Crippen LogP contribution in [0.15, 0.2) is 66.7 Å². The van der Waals surface area contributed by atoms with E-state index >= 15 is 0 Å². The number of methoxy groups -OCH3 is 1. The number of hydrogen-bond acceptors (Lipinski definition) is 4. The molecule has 2 amide bonds. The largest absolute Gasteiger partial charge is 0.497 e. The summed E-state index contributed by atoms with van der Waals surface area (Å²) in [5.74, 6) is -0.534. The predicted octanol–water partition coefficient (Wildman–Crippen LogP) is 2.66. The minimum absolute atomic E-state index is 0.00331. The van der Waals surface area contributed by atoms with E-state index in [0.717, 1.165) is 6.42 Å². The first kappa shape index (κ1) is 18.9. The number of nitrogens with one attached hydrogen (secondary N) is 1. The fraction of sp³-hybridized carbons (Fsp3) is 0.333. The number of likely N-dealkylation sites (tertiary alicyclic amines) is 1. The van der Waals surface area contributed by atoms with E-state index in [4.69, 9.17) is 9.47 Å². The normalized spacial score (nSPS) is 28.6. The van der Waals surface area contributed by atoms with Crippen LogP contribution < -0.4 is 10.1 Å². The van der Waals surface area contributed by atoms with Crippen LogP contribution in [0.2, 0.25) is 0 Å². The molecule has 3 heterocycles. The molecule has 1 N–H and O–H groups in total. The van der Waals surface area contributed by atoms with Gasteiger partial charge in [0.1, 0.15) is 11.4 Å². The lowest BCUT2D eigenvalue weighted by Gasteiger charge is -2.23. The van der Waals surface area contributed by atoms with E-state index in [1.165, 1.54) is 5.56 Å². The average Bonchev–Trinajstić information content (AvgIpc) is 3.41. The molecule has 3 aliphatic heterocycles. The highest BCUT2D eigenvalue weighted by atomic mass is 16.5. The SMILES string of the molecule is COc1cccc(NC(=O)[C@@H]2[C@H]3C(=O)N(CCc4ccccc4)C[C@]34C=C[C@H]2O4)c1. The van der Waals surface area contributed by atoms with Crippen LogP contribution >= 0.6 is 0 Å². The van der Waals surface area contributed by atoms with Crippen molar-refractivity contribution in [2.45, 2.75) is 18.1 Å². The zero-order valence-corrected chi connectivity index (χ0v) is 16.8. The maximum atomic E-state index is 13.3. The van der Waals surface area contributed by atoms with Gasteiger partial charge in [-0.05, 0) is 24.1 Å². The van der Waals surface area contributed by atoms with E-state index in [1.54, 1.807) is 13.2 Å². The number of amides is 2. The number of fused-ring (bicyclic) bond motifs is 1. The highest BCUT2D eigenvalue weighted by Crippen LogP contribution is 2.52. The molecule has 2 aromatic carbocycles. The van der Waals surface area contributed by atoms with Crippen LogP contribution in [0.1, 0.15) is 5.56 Å². The van der Waals surface area contributed by atoms with Crippen molar-refractivity contribution in [3.05, 3.63) is 72.3 Å². The van der Waals surface area contributed by atoms with Gasteiger partial charge in [-0.2, -0.15) is 0 Å². The van der Waals surface area contributed by atoms with Crippen molar-refractivity contribution >= 4 is 17.5 Å². The highest BCUT2D eigenvalue weighted by molar-refractivity contribution is 5.99. The summed E-state index contributed by atoms with van der Waals surface area (Å²) in [6.07, 6.45) is 4.34. The molecule has 2 saturated heterocycles. The fourth-order valence-electron chi connectivity index (χ4n) is 4.90. The van der Waals surface area contributed by atoms with Gasteiger partial charge in [0.05, 0.1) is 31.6 Å². The maximum Gasteiger partial charge on any atom is 0.231 e. The van der Waals surface area contributed by atoms with Crippen molar-refractivity contribution in [2.24, 2.45) is 11.8 Å². The summed E-state index contributed by atoms with van der Waals surface area (Å²) in [6, 6.07) is 17.3. The molecule has 5 rings (SSSR count). The number of nitrogens with zero attached hydrogens (tertiary/aromatic N) is 1. The quantitative estimate of drug-likeness (QED) is 0.752. The molecule has 6 nitrogen and oxygen atoms in total. The number of ether oxygens (including phenoxy) is 2. The second-order valence-corrected chi connectivity index (χ2v) is 8.12. The summed E-state index contributed by atoms with van der Waals surface area (Å²) in [5, 5.41) is 2.94. The summed E-state index contributed by atoms with van der Waals surface area (Å²) in [5.41, 5.74) is 1.15. The summed E-state index contributed by atoms with van der Waals surface area (Å²) >= 11 is 0. The molecule has 154 valence electrons. The molecule has 30 heavy (non-hydrogen) atoms. The zero-order chi connectivity index (χ0) is 20.7. The van der Waals surface area contributed by atoms with Crippen LogP contribution in [0, 0.1) is 11.8 Å². The van der Waals surface area contributed by atoms with Crippen LogP contribution in [0.3, 0.4) is 0 Å². The van der Waals surface area contributed by atoms with E-state index in [2.05, 4.69) is 17.4 Å². The number of anilines is 1. The molecule has 2 aromatic rings. The molecule has 6 heteroatoms. The topological polar surface area (TPSA) is 67.9 Å². The van der Waals surface area contributed by atoms with Crippen molar-refractivity contribution in [1.29, 1.82) is 0 Å². The standard InChI is InChI=1S/C24H24N2O4/c1-29-18-9-5-8-17(14-18)25-22(27)20-19-10-12-24(30-19)15-26(23(28)21(20)24)13-11-16-6-3-2-4-7-16/h2-10,12,14,19-21H,11,13,15H2,1H3,(H,25,27)/t19-,20+,21+,24-/m1/s1. The lowest BCUT2D eigenvalue weighted by molar-refractivity contribution is -0.135. The van der Waals surface area contributed by atoms with Gasteiger partial charge in [-0.1, -0.05) is 48.6 Å². The molecule has 0 unspecified atom stereocenters. The molecule has 1 spiro atoms. The molecular formula is C24H24N2O4. The average molecular weight is 404 g/mol. The second-order valence-electron chi connectivity index (χ2n) is 8.12. The Labute approximate surface area is 175 Å². The van der Waals surface area contributed by atoms with Gasteiger partial charge in [-0.25, -0.2) is 0 Å². The summed E-state index contributed by atoms with van der Waals surface area (Å²) in [7, 11) is 1.58. The van der Waals surface area contributed by atoms with E-state index < -0.39 is 17.4 Å². The molecule has 3 aliphatic rings. The Bertz CT molecular complexity index is 1010. The van der Waals surface area contributed by atoms with Crippen molar-refractivity contribution in [3.8, 4) is 5.75 Å². The molecule has 2 bridgehead atoms. The van der Waals surface area contributed by atoms with E-state index in [1.807, 2.05) is 53.5 Å². The van der Waals surface area contributed by atoms with Crippen molar-refractivity contribution in [1.82, 2.24) is 4.90 Å². The van der Waals surface area contributed by atoms with Gasteiger partial charge in [0, 0.05) is 18.3 Å². The van der Waals surface area contributed by atoms with Gasteiger partial charge < -0.3 is 19.7 Å². The Kier molecular flexibility index (Phi) is 4.59. The third-order valence-electron chi connectivity index (χ3n) is 6.33.